The molecular formula is C18H19ClFN3O2. The number of aromatic nitrogens is 1. The number of hydrogen-bond donors (Lipinski definition) is 0. The zero-order valence-electron chi connectivity index (χ0n) is 13.9. The zero-order chi connectivity index (χ0) is 17.8. The predicted octanol–water partition coefficient (Wildman–Crippen LogP) is 2.84. The summed E-state index contributed by atoms with van der Waals surface area (Å²) in [6.45, 7) is 3.15. The minimum absolute atomic E-state index is 0.110. The van der Waals surface area contributed by atoms with Crippen LogP contribution >= 0.6 is 11.6 Å². The molecule has 0 atom stereocenters. The molecule has 1 aliphatic heterocycles. The van der Waals surface area contributed by atoms with Crippen LogP contribution in [-0.4, -0.2) is 54.0 Å². The van der Waals surface area contributed by atoms with Crippen molar-refractivity contribution in [3.8, 4) is 5.75 Å². The Kier molecular flexibility index (Phi) is 5.50. The van der Waals surface area contributed by atoms with Crippen LogP contribution in [0.2, 0.25) is 5.15 Å². The Balaban J connectivity index is 1.62. The summed E-state index contributed by atoms with van der Waals surface area (Å²) in [5, 5.41) is 0.222. The van der Waals surface area contributed by atoms with Gasteiger partial charge in [0.1, 0.15) is 16.7 Å². The lowest BCUT2D eigenvalue weighted by molar-refractivity contribution is 0.0627. The van der Waals surface area contributed by atoms with Gasteiger partial charge in [-0.1, -0.05) is 11.6 Å². The van der Waals surface area contributed by atoms with Gasteiger partial charge in [0.2, 0.25) is 0 Å². The fraction of sp³-hybridized carbons (Fsp3) is 0.333. The number of methoxy groups -OCH3 is 1. The maximum atomic E-state index is 13.5. The van der Waals surface area contributed by atoms with Crippen molar-refractivity contribution >= 4 is 17.5 Å². The second-order valence-electron chi connectivity index (χ2n) is 5.87. The molecule has 0 bridgehead atoms. The van der Waals surface area contributed by atoms with Crippen molar-refractivity contribution in [3.63, 3.8) is 0 Å². The molecule has 1 aromatic heterocycles. The first-order valence-electron chi connectivity index (χ1n) is 8.03. The number of carbonyl (C=O) groups excluding carboxylic acids is 1. The molecule has 5 nitrogen and oxygen atoms in total. The molecule has 1 aromatic carbocycles. The van der Waals surface area contributed by atoms with E-state index in [-0.39, 0.29) is 16.9 Å². The molecule has 0 N–H and O–H groups in total. The average Bonchev–Trinajstić information content (AvgIpc) is 2.62. The Morgan fingerprint density at radius 2 is 2.04 bits per heavy atom. The van der Waals surface area contributed by atoms with Crippen molar-refractivity contribution in [1.29, 1.82) is 0 Å². The summed E-state index contributed by atoms with van der Waals surface area (Å²) in [6, 6.07) is 7.89. The van der Waals surface area contributed by atoms with Crippen molar-refractivity contribution in [3.05, 3.63) is 58.6 Å². The lowest BCUT2D eigenvalue weighted by atomic mass is 10.1. The lowest BCUT2D eigenvalue weighted by Crippen LogP contribution is -2.48. The van der Waals surface area contributed by atoms with E-state index in [4.69, 9.17) is 16.3 Å². The number of carbonyl (C=O) groups is 1. The molecule has 25 heavy (non-hydrogen) atoms. The highest BCUT2D eigenvalue weighted by atomic mass is 35.5. The molecule has 0 radical (unpaired) electrons. The summed E-state index contributed by atoms with van der Waals surface area (Å²) in [4.78, 5) is 20.4. The quantitative estimate of drug-likeness (QED) is 0.784. The van der Waals surface area contributed by atoms with E-state index in [1.807, 2.05) is 0 Å². The monoisotopic (exact) mass is 363 g/mol. The van der Waals surface area contributed by atoms with Crippen molar-refractivity contribution in [1.82, 2.24) is 14.8 Å². The maximum absolute atomic E-state index is 13.5. The Hall–Kier alpha value is -2.18. The summed E-state index contributed by atoms with van der Waals surface area (Å²) >= 11 is 6.00. The van der Waals surface area contributed by atoms with Gasteiger partial charge in [-0.15, -0.1) is 0 Å². The van der Waals surface area contributed by atoms with E-state index in [0.29, 0.717) is 44.0 Å². The van der Waals surface area contributed by atoms with Gasteiger partial charge in [0.05, 0.1) is 12.7 Å². The number of rotatable bonds is 4. The molecule has 3 rings (SSSR count). The smallest absolute Gasteiger partial charge is 0.257 e. The molecule has 7 heteroatoms. The number of ether oxygens (including phenoxy) is 1. The molecule has 1 fully saturated rings. The van der Waals surface area contributed by atoms with Crippen LogP contribution in [0.15, 0.2) is 36.5 Å². The lowest BCUT2D eigenvalue weighted by Gasteiger charge is -2.35. The molecule has 0 aliphatic carbocycles. The second kappa shape index (κ2) is 7.80. The first-order chi connectivity index (χ1) is 12.1. The predicted molar refractivity (Wildman–Crippen MR) is 93.4 cm³/mol. The van der Waals surface area contributed by atoms with Crippen LogP contribution in [0.25, 0.3) is 0 Å². The Morgan fingerprint density at radius 1 is 1.28 bits per heavy atom. The van der Waals surface area contributed by atoms with Crippen molar-refractivity contribution in [2.24, 2.45) is 0 Å². The third-order valence-corrected chi connectivity index (χ3v) is 4.59. The number of piperazine rings is 1. The summed E-state index contributed by atoms with van der Waals surface area (Å²) in [7, 11) is 1.57. The van der Waals surface area contributed by atoms with E-state index >= 15 is 0 Å². The number of halogens is 2. The minimum Gasteiger partial charge on any atom is -0.496 e. The zero-order valence-corrected chi connectivity index (χ0v) is 14.7. The number of hydrogen-bond acceptors (Lipinski definition) is 4. The Morgan fingerprint density at radius 3 is 2.72 bits per heavy atom. The highest BCUT2D eigenvalue weighted by molar-refractivity contribution is 6.32. The van der Waals surface area contributed by atoms with E-state index in [0.717, 1.165) is 5.56 Å². The SMILES string of the molecule is COc1ccc(F)cc1CN1CCN(C(=O)c2cccnc2Cl)CC1. The maximum Gasteiger partial charge on any atom is 0.257 e. The van der Waals surface area contributed by atoms with E-state index in [1.54, 1.807) is 36.4 Å². The average molecular weight is 364 g/mol. The number of nitrogens with zero attached hydrogens (tertiary/aromatic N) is 3. The first kappa shape index (κ1) is 17.6. The van der Waals surface area contributed by atoms with Crippen molar-refractivity contribution < 1.29 is 13.9 Å². The van der Waals surface area contributed by atoms with Crippen molar-refractivity contribution in [2.75, 3.05) is 33.3 Å². The molecule has 1 amide bonds. The highest BCUT2D eigenvalue weighted by Crippen LogP contribution is 2.22. The van der Waals surface area contributed by atoms with Crippen LogP contribution in [0.1, 0.15) is 15.9 Å². The summed E-state index contributed by atoms with van der Waals surface area (Å²) in [5.41, 5.74) is 1.22. The molecule has 132 valence electrons. The Bertz CT molecular complexity index is 764. The molecule has 1 aliphatic rings. The molecule has 0 unspecified atom stereocenters. The van der Waals surface area contributed by atoms with Crippen LogP contribution in [0.3, 0.4) is 0 Å². The van der Waals surface area contributed by atoms with E-state index in [2.05, 4.69) is 9.88 Å². The topological polar surface area (TPSA) is 45.7 Å². The second-order valence-corrected chi connectivity index (χ2v) is 6.22. The van der Waals surface area contributed by atoms with Gasteiger partial charge in [-0.05, 0) is 30.3 Å². The van der Waals surface area contributed by atoms with Gasteiger partial charge in [0.25, 0.3) is 5.91 Å². The number of benzene rings is 1. The minimum atomic E-state index is -0.282. The van der Waals surface area contributed by atoms with Crippen LogP contribution < -0.4 is 4.74 Å². The molecule has 2 aromatic rings. The van der Waals surface area contributed by atoms with Crippen LogP contribution in [0, 0.1) is 5.82 Å². The standard InChI is InChI=1S/C18H19ClFN3O2/c1-25-16-5-4-14(20)11-13(16)12-22-7-9-23(10-8-22)18(24)15-3-2-6-21-17(15)19/h2-6,11H,7-10,12H2,1H3. The fourth-order valence-electron chi connectivity index (χ4n) is 2.94. The van der Waals surface area contributed by atoms with Crippen LogP contribution in [0.4, 0.5) is 4.39 Å². The third kappa shape index (κ3) is 4.08. The fourth-order valence-corrected chi connectivity index (χ4v) is 3.14. The van der Waals surface area contributed by atoms with Gasteiger partial charge >= 0.3 is 0 Å². The van der Waals surface area contributed by atoms with Gasteiger partial charge in [0.15, 0.2) is 0 Å². The third-order valence-electron chi connectivity index (χ3n) is 4.29. The van der Waals surface area contributed by atoms with Crippen LogP contribution in [0.5, 0.6) is 5.75 Å². The van der Waals surface area contributed by atoms with Gasteiger partial charge in [-0.2, -0.15) is 0 Å². The van der Waals surface area contributed by atoms with Crippen molar-refractivity contribution in [2.45, 2.75) is 6.54 Å². The van der Waals surface area contributed by atoms with Gasteiger partial charge in [-0.3, -0.25) is 9.69 Å². The summed E-state index contributed by atoms with van der Waals surface area (Å²) in [6.07, 6.45) is 1.56. The largest absolute Gasteiger partial charge is 0.496 e. The molecule has 1 saturated heterocycles. The molecule has 0 spiro atoms. The van der Waals surface area contributed by atoms with E-state index in [1.165, 1.54) is 12.1 Å². The van der Waals surface area contributed by atoms with Crippen LogP contribution in [-0.2, 0) is 6.54 Å². The van der Waals surface area contributed by atoms with E-state index < -0.39 is 0 Å². The van der Waals surface area contributed by atoms with Gasteiger partial charge in [-0.25, -0.2) is 9.37 Å². The first-order valence-corrected chi connectivity index (χ1v) is 8.41. The highest BCUT2D eigenvalue weighted by Gasteiger charge is 2.24. The molecule has 0 saturated carbocycles. The number of amides is 1. The van der Waals surface area contributed by atoms with Gasteiger partial charge in [0, 0.05) is 44.5 Å². The summed E-state index contributed by atoms with van der Waals surface area (Å²) in [5.74, 6) is 0.277. The normalized spacial score (nSPS) is 15.2. The Labute approximate surface area is 151 Å². The molecule has 2 heterocycles. The number of pyridine rings is 1. The van der Waals surface area contributed by atoms with E-state index in [9.17, 15) is 9.18 Å². The summed E-state index contributed by atoms with van der Waals surface area (Å²) < 4.78 is 18.8. The molecular weight excluding hydrogens is 345 g/mol. The van der Waals surface area contributed by atoms with Gasteiger partial charge < -0.3 is 9.64 Å².